The van der Waals surface area contributed by atoms with Crippen molar-refractivity contribution in [3.8, 4) is 0 Å². The van der Waals surface area contributed by atoms with Gasteiger partial charge < -0.3 is 15.4 Å². The van der Waals surface area contributed by atoms with E-state index in [0.717, 1.165) is 15.9 Å². The number of amides is 2. The molecule has 1 fully saturated rings. The number of benzene rings is 2. The normalized spacial score (nSPS) is 17.2. The lowest BCUT2D eigenvalue weighted by atomic mass is 10.2. The standard InChI is InChI=1S/C21H24FN3O5S/c1-15-12-17(8-9-18(15)22)31(28,29)25-10-5-11-30-19(25)14-24-21(27)20(26)23-13-16-6-3-2-4-7-16/h2-4,6-9,12,19H,5,10-11,13-14H2,1H3,(H,23,26)(H,24,27)/t19-/m1/s1. The molecule has 1 saturated heterocycles. The summed E-state index contributed by atoms with van der Waals surface area (Å²) in [5, 5.41) is 4.93. The monoisotopic (exact) mass is 449 g/mol. The maximum absolute atomic E-state index is 13.5. The third-order valence-electron chi connectivity index (χ3n) is 4.83. The van der Waals surface area contributed by atoms with Gasteiger partial charge in [-0.05, 0) is 42.7 Å². The van der Waals surface area contributed by atoms with Gasteiger partial charge >= 0.3 is 11.8 Å². The first-order chi connectivity index (χ1) is 14.8. The number of sulfonamides is 1. The van der Waals surface area contributed by atoms with Crippen LogP contribution in [0.1, 0.15) is 17.5 Å². The predicted octanol–water partition coefficient (Wildman–Crippen LogP) is 1.30. The Bertz CT molecular complexity index is 1050. The number of hydrogen-bond acceptors (Lipinski definition) is 5. The quantitative estimate of drug-likeness (QED) is 0.647. The zero-order chi connectivity index (χ0) is 22.4. The third-order valence-corrected chi connectivity index (χ3v) is 6.71. The van der Waals surface area contributed by atoms with Crippen LogP contribution in [0.2, 0.25) is 0 Å². The van der Waals surface area contributed by atoms with E-state index >= 15 is 0 Å². The van der Waals surface area contributed by atoms with Crippen molar-refractivity contribution in [2.45, 2.75) is 31.0 Å². The van der Waals surface area contributed by atoms with Crippen molar-refractivity contribution in [1.29, 1.82) is 0 Å². The van der Waals surface area contributed by atoms with E-state index < -0.39 is 33.9 Å². The zero-order valence-electron chi connectivity index (χ0n) is 17.0. The first kappa shape index (κ1) is 22.9. The molecule has 0 bridgehead atoms. The maximum Gasteiger partial charge on any atom is 0.309 e. The molecule has 0 aromatic heterocycles. The molecule has 166 valence electrons. The molecule has 2 aromatic rings. The van der Waals surface area contributed by atoms with Crippen LogP contribution in [0.4, 0.5) is 4.39 Å². The first-order valence-corrected chi connectivity index (χ1v) is 11.2. The molecule has 0 unspecified atom stereocenters. The molecule has 0 radical (unpaired) electrons. The van der Waals surface area contributed by atoms with Crippen LogP contribution in [0.5, 0.6) is 0 Å². The largest absolute Gasteiger partial charge is 0.360 e. The fourth-order valence-corrected chi connectivity index (χ4v) is 4.79. The molecule has 31 heavy (non-hydrogen) atoms. The highest BCUT2D eigenvalue weighted by Crippen LogP contribution is 2.23. The smallest absolute Gasteiger partial charge is 0.309 e. The average Bonchev–Trinajstić information content (AvgIpc) is 2.78. The fourth-order valence-electron chi connectivity index (χ4n) is 3.13. The van der Waals surface area contributed by atoms with Crippen LogP contribution >= 0.6 is 0 Å². The average molecular weight is 450 g/mol. The summed E-state index contributed by atoms with van der Waals surface area (Å²) < 4.78 is 46.3. The molecule has 1 aliphatic rings. The lowest BCUT2D eigenvalue weighted by Crippen LogP contribution is -2.53. The molecule has 0 spiro atoms. The van der Waals surface area contributed by atoms with Crippen LogP contribution in [0, 0.1) is 12.7 Å². The lowest BCUT2D eigenvalue weighted by molar-refractivity contribution is -0.140. The van der Waals surface area contributed by atoms with Gasteiger partial charge in [0.25, 0.3) is 0 Å². The first-order valence-electron chi connectivity index (χ1n) is 9.78. The number of rotatable bonds is 6. The molecule has 8 nitrogen and oxygen atoms in total. The Kier molecular flexibility index (Phi) is 7.37. The minimum atomic E-state index is -3.98. The van der Waals surface area contributed by atoms with E-state index in [1.165, 1.54) is 19.1 Å². The van der Waals surface area contributed by atoms with Gasteiger partial charge in [-0.25, -0.2) is 12.8 Å². The van der Waals surface area contributed by atoms with Crippen LogP contribution in [-0.4, -0.2) is 50.5 Å². The van der Waals surface area contributed by atoms with Crippen molar-refractivity contribution < 1.29 is 27.1 Å². The third kappa shape index (κ3) is 5.66. The Hall–Kier alpha value is -2.82. The van der Waals surface area contributed by atoms with Gasteiger partial charge in [-0.3, -0.25) is 9.59 Å². The van der Waals surface area contributed by atoms with Crippen LogP contribution in [0.25, 0.3) is 0 Å². The van der Waals surface area contributed by atoms with Gasteiger partial charge in [0.05, 0.1) is 18.0 Å². The van der Waals surface area contributed by atoms with Gasteiger partial charge in [0.2, 0.25) is 10.0 Å². The highest BCUT2D eigenvalue weighted by Gasteiger charge is 2.35. The summed E-state index contributed by atoms with van der Waals surface area (Å²) in [5.41, 5.74) is 1.05. The highest BCUT2D eigenvalue weighted by atomic mass is 32.2. The summed E-state index contributed by atoms with van der Waals surface area (Å²) in [4.78, 5) is 24.1. The number of carbonyl (C=O) groups excluding carboxylic acids is 2. The van der Waals surface area contributed by atoms with E-state index in [1.54, 1.807) is 0 Å². The maximum atomic E-state index is 13.5. The molecular formula is C21H24FN3O5S. The summed E-state index contributed by atoms with van der Waals surface area (Å²) in [5.74, 6) is -2.22. The molecule has 3 rings (SSSR count). The second-order valence-electron chi connectivity index (χ2n) is 7.08. The van der Waals surface area contributed by atoms with Gasteiger partial charge in [0.15, 0.2) is 0 Å². The Morgan fingerprint density at radius 2 is 1.84 bits per heavy atom. The Morgan fingerprint density at radius 1 is 1.13 bits per heavy atom. The van der Waals surface area contributed by atoms with Crippen molar-refractivity contribution in [2.75, 3.05) is 19.7 Å². The number of aryl methyl sites for hydroxylation is 1. The number of ether oxygens (including phenoxy) is 1. The van der Waals surface area contributed by atoms with Crippen LogP contribution in [-0.2, 0) is 30.9 Å². The van der Waals surface area contributed by atoms with Gasteiger partial charge in [-0.2, -0.15) is 4.31 Å². The van der Waals surface area contributed by atoms with Gasteiger partial charge in [-0.1, -0.05) is 30.3 Å². The zero-order valence-corrected chi connectivity index (χ0v) is 17.8. The number of nitrogens with zero attached hydrogens (tertiary/aromatic N) is 1. The van der Waals surface area contributed by atoms with Crippen molar-refractivity contribution in [2.24, 2.45) is 0 Å². The summed E-state index contributed by atoms with van der Waals surface area (Å²) >= 11 is 0. The minimum Gasteiger partial charge on any atom is -0.360 e. The molecule has 1 atom stereocenters. The van der Waals surface area contributed by atoms with Crippen LogP contribution < -0.4 is 10.6 Å². The van der Waals surface area contributed by atoms with Crippen LogP contribution in [0.15, 0.2) is 53.4 Å². The Morgan fingerprint density at radius 3 is 2.55 bits per heavy atom. The number of halogens is 1. The summed E-state index contributed by atoms with van der Waals surface area (Å²) in [6.45, 7) is 1.97. The molecule has 2 aromatic carbocycles. The van der Waals surface area contributed by atoms with Crippen molar-refractivity contribution in [3.05, 3.63) is 65.5 Å². The van der Waals surface area contributed by atoms with Gasteiger partial charge in [-0.15, -0.1) is 0 Å². The van der Waals surface area contributed by atoms with Crippen molar-refractivity contribution >= 4 is 21.8 Å². The SMILES string of the molecule is Cc1cc(S(=O)(=O)N2CCCO[C@@H]2CNC(=O)C(=O)NCc2ccccc2)ccc1F. The Balaban J connectivity index is 1.62. The van der Waals surface area contributed by atoms with E-state index in [0.29, 0.717) is 13.0 Å². The summed E-state index contributed by atoms with van der Waals surface area (Å²) in [6.07, 6.45) is -0.503. The molecule has 0 saturated carbocycles. The molecule has 0 aliphatic carbocycles. The van der Waals surface area contributed by atoms with E-state index in [-0.39, 0.29) is 30.1 Å². The van der Waals surface area contributed by atoms with E-state index in [4.69, 9.17) is 4.74 Å². The number of nitrogens with one attached hydrogen (secondary N) is 2. The highest BCUT2D eigenvalue weighted by molar-refractivity contribution is 7.89. The molecule has 1 aliphatic heterocycles. The summed E-state index contributed by atoms with van der Waals surface area (Å²) in [6, 6.07) is 12.7. The van der Waals surface area contributed by atoms with Crippen molar-refractivity contribution in [1.82, 2.24) is 14.9 Å². The predicted molar refractivity (Wildman–Crippen MR) is 111 cm³/mol. The molecular weight excluding hydrogens is 425 g/mol. The topological polar surface area (TPSA) is 105 Å². The minimum absolute atomic E-state index is 0.0613. The van der Waals surface area contributed by atoms with Gasteiger partial charge in [0.1, 0.15) is 12.0 Å². The summed E-state index contributed by atoms with van der Waals surface area (Å²) in [7, 11) is -3.98. The molecule has 2 amide bonds. The lowest BCUT2D eigenvalue weighted by Gasteiger charge is -2.34. The van der Waals surface area contributed by atoms with E-state index in [9.17, 15) is 22.4 Å². The number of carbonyl (C=O) groups is 2. The van der Waals surface area contributed by atoms with Crippen molar-refractivity contribution in [3.63, 3.8) is 0 Å². The fraction of sp³-hybridized carbons (Fsp3) is 0.333. The van der Waals surface area contributed by atoms with E-state index in [1.807, 2.05) is 30.3 Å². The molecule has 10 heteroatoms. The Labute approximate surface area is 180 Å². The molecule has 2 N–H and O–H groups in total. The van der Waals surface area contributed by atoms with Crippen LogP contribution in [0.3, 0.4) is 0 Å². The molecule has 1 heterocycles. The second kappa shape index (κ2) is 9.99. The second-order valence-corrected chi connectivity index (χ2v) is 8.97. The van der Waals surface area contributed by atoms with Gasteiger partial charge in [0, 0.05) is 13.1 Å². The van der Waals surface area contributed by atoms with E-state index in [2.05, 4.69) is 10.6 Å². The number of hydrogen-bond donors (Lipinski definition) is 2.